The number of hydrogen-bond donors (Lipinski definition) is 2. The fourth-order valence-corrected chi connectivity index (χ4v) is 2.89. The Morgan fingerprint density at radius 1 is 1.50 bits per heavy atom. The summed E-state index contributed by atoms with van der Waals surface area (Å²) in [4.78, 5) is 12.2. The van der Waals surface area contributed by atoms with Gasteiger partial charge < -0.3 is 10.6 Å². The molecule has 0 spiro atoms. The van der Waals surface area contributed by atoms with Crippen LogP contribution >= 0.6 is 0 Å². The molecule has 0 saturated carbocycles. The van der Waals surface area contributed by atoms with E-state index in [4.69, 9.17) is 0 Å². The second-order valence-electron chi connectivity index (χ2n) is 5.89. The van der Waals surface area contributed by atoms with Gasteiger partial charge in [-0.15, -0.1) is 0 Å². The second kappa shape index (κ2) is 6.39. The molecule has 2 N–H and O–H groups in total. The highest BCUT2D eigenvalue weighted by Crippen LogP contribution is 2.14. The van der Waals surface area contributed by atoms with Crippen LogP contribution in [0.25, 0.3) is 0 Å². The molecule has 2 heterocycles. The molecule has 20 heavy (non-hydrogen) atoms. The van der Waals surface area contributed by atoms with Gasteiger partial charge in [-0.2, -0.15) is 5.10 Å². The van der Waals surface area contributed by atoms with Gasteiger partial charge in [-0.3, -0.25) is 9.48 Å². The lowest BCUT2D eigenvalue weighted by Crippen LogP contribution is -2.49. The van der Waals surface area contributed by atoms with E-state index in [0.29, 0.717) is 0 Å². The van der Waals surface area contributed by atoms with Crippen LogP contribution in [0.15, 0.2) is 0 Å². The van der Waals surface area contributed by atoms with Gasteiger partial charge in [-0.25, -0.2) is 0 Å². The highest BCUT2D eigenvalue weighted by atomic mass is 16.2. The van der Waals surface area contributed by atoms with Gasteiger partial charge >= 0.3 is 0 Å². The van der Waals surface area contributed by atoms with Gasteiger partial charge in [0.1, 0.15) is 0 Å². The summed E-state index contributed by atoms with van der Waals surface area (Å²) in [5.41, 5.74) is 3.48. The molecule has 2 atom stereocenters. The van der Waals surface area contributed by atoms with Crippen LogP contribution in [0.5, 0.6) is 0 Å². The van der Waals surface area contributed by atoms with Gasteiger partial charge in [0, 0.05) is 18.8 Å². The maximum absolute atomic E-state index is 12.2. The Hall–Kier alpha value is -1.36. The van der Waals surface area contributed by atoms with E-state index in [1.54, 1.807) is 0 Å². The van der Waals surface area contributed by atoms with Gasteiger partial charge in [0.2, 0.25) is 5.91 Å². The quantitative estimate of drug-likeness (QED) is 0.871. The molecule has 1 fully saturated rings. The van der Waals surface area contributed by atoms with Gasteiger partial charge in [0.15, 0.2) is 0 Å². The van der Waals surface area contributed by atoms with Crippen molar-refractivity contribution in [2.24, 2.45) is 7.05 Å². The molecule has 0 bridgehead atoms. The van der Waals surface area contributed by atoms with Crippen molar-refractivity contribution in [1.82, 2.24) is 20.4 Å². The standard InChI is InChI=1S/C15H26N4O/c1-10(9-13-11(2)18-19(4)12(13)3)17-15(20)14-7-5-6-8-16-14/h10,14,16H,5-9H2,1-4H3,(H,17,20). The fraction of sp³-hybridized carbons (Fsp3) is 0.733. The normalized spacial score (nSPS) is 20.7. The highest BCUT2D eigenvalue weighted by molar-refractivity contribution is 5.82. The molecule has 5 heteroatoms. The van der Waals surface area contributed by atoms with E-state index in [-0.39, 0.29) is 18.0 Å². The van der Waals surface area contributed by atoms with Crippen molar-refractivity contribution in [1.29, 1.82) is 0 Å². The number of aryl methyl sites for hydroxylation is 2. The molecule has 5 nitrogen and oxygen atoms in total. The van der Waals surface area contributed by atoms with Gasteiger partial charge in [0.25, 0.3) is 0 Å². The van der Waals surface area contributed by atoms with Crippen molar-refractivity contribution in [3.63, 3.8) is 0 Å². The molecule has 112 valence electrons. The minimum Gasteiger partial charge on any atom is -0.352 e. The van der Waals surface area contributed by atoms with Crippen molar-refractivity contribution in [2.45, 2.75) is 58.5 Å². The summed E-state index contributed by atoms with van der Waals surface area (Å²) in [7, 11) is 1.96. The number of hydrogen-bond acceptors (Lipinski definition) is 3. The van der Waals surface area contributed by atoms with E-state index >= 15 is 0 Å². The predicted octanol–water partition coefficient (Wildman–Crippen LogP) is 1.23. The maximum atomic E-state index is 12.2. The lowest BCUT2D eigenvalue weighted by Gasteiger charge is -2.24. The van der Waals surface area contributed by atoms with Crippen LogP contribution in [0.2, 0.25) is 0 Å². The van der Waals surface area contributed by atoms with E-state index < -0.39 is 0 Å². The lowest BCUT2D eigenvalue weighted by atomic mass is 10.0. The van der Waals surface area contributed by atoms with Crippen molar-refractivity contribution in [2.75, 3.05) is 6.54 Å². The zero-order chi connectivity index (χ0) is 14.7. The minimum atomic E-state index is -0.0118. The number of piperidine rings is 1. The number of nitrogens with zero attached hydrogens (tertiary/aromatic N) is 2. The number of aromatic nitrogens is 2. The molecule has 1 amide bonds. The zero-order valence-electron chi connectivity index (χ0n) is 13.0. The van der Waals surface area contributed by atoms with E-state index in [0.717, 1.165) is 31.5 Å². The van der Waals surface area contributed by atoms with Crippen molar-refractivity contribution < 1.29 is 4.79 Å². The minimum absolute atomic E-state index is 0.0118. The van der Waals surface area contributed by atoms with Crippen LogP contribution in [0.4, 0.5) is 0 Å². The van der Waals surface area contributed by atoms with E-state index in [1.807, 2.05) is 18.7 Å². The summed E-state index contributed by atoms with van der Waals surface area (Å²) < 4.78 is 1.90. The topological polar surface area (TPSA) is 59.0 Å². The molecule has 0 aromatic carbocycles. The van der Waals surface area contributed by atoms with E-state index in [9.17, 15) is 4.79 Å². The van der Waals surface area contributed by atoms with Crippen LogP contribution in [-0.4, -0.2) is 34.3 Å². The number of amides is 1. The third-order valence-electron chi connectivity index (χ3n) is 4.18. The van der Waals surface area contributed by atoms with E-state index in [1.165, 1.54) is 17.7 Å². The lowest BCUT2D eigenvalue weighted by molar-refractivity contribution is -0.124. The largest absolute Gasteiger partial charge is 0.352 e. The van der Waals surface area contributed by atoms with Crippen LogP contribution in [-0.2, 0) is 18.3 Å². The Kier molecular flexibility index (Phi) is 4.81. The Morgan fingerprint density at radius 3 is 2.80 bits per heavy atom. The van der Waals surface area contributed by atoms with Crippen LogP contribution in [0.3, 0.4) is 0 Å². The average Bonchev–Trinajstić information content (AvgIpc) is 2.66. The van der Waals surface area contributed by atoms with Crippen LogP contribution in [0.1, 0.15) is 43.1 Å². The second-order valence-corrected chi connectivity index (χ2v) is 5.89. The molecule has 0 aliphatic carbocycles. The number of carbonyl (C=O) groups excluding carboxylic acids is 1. The predicted molar refractivity (Wildman–Crippen MR) is 79.6 cm³/mol. The number of nitrogens with one attached hydrogen (secondary N) is 2. The molecular weight excluding hydrogens is 252 g/mol. The van der Waals surface area contributed by atoms with Gasteiger partial charge in [-0.05, 0) is 52.1 Å². The smallest absolute Gasteiger partial charge is 0.237 e. The van der Waals surface area contributed by atoms with Crippen LogP contribution in [0, 0.1) is 13.8 Å². The SMILES string of the molecule is Cc1nn(C)c(C)c1CC(C)NC(=O)C1CCCCN1. The summed E-state index contributed by atoms with van der Waals surface area (Å²) >= 11 is 0. The van der Waals surface area contributed by atoms with Crippen LogP contribution < -0.4 is 10.6 Å². The summed E-state index contributed by atoms with van der Waals surface area (Å²) in [5.74, 6) is 0.136. The van der Waals surface area contributed by atoms with Gasteiger partial charge in [-0.1, -0.05) is 6.42 Å². The molecule has 0 radical (unpaired) electrons. The Balaban J connectivity index is 1.91. The fourth-order valence-electron chi connectivity index (χ4n) is 2.89. The van der Waals surface area contributed by atoms with E-state index in [2.05, 4.69) is 29.6 Å². The molecule has 1 aromatic heterocycles. The Labute approximate surface area is 121 Å². The maximum Gasteiger partial charge on any atom is 0.237 e. The molecule has 1 aliphatic heterocycles. The zero-order valence-corrected chi connectivity index (χ0v) is 13.0. The first-order chi connectivity index (χ1) is 9.49. The molecule has 1 aromatic rings. The summed E-state index contributed by atoms with van der Waals surface area (Å²) in [5, 5.41) is 10.8. The third kappa shape index (κ3) is 3.39. The van der Waals surface area contributed by atoms with Crippen molar-refractivity contribution >= 4 is 5.91 Å². The van der Waals surface area contributed by atoms with Crippen molar-refractivity contribution in [3.05, 3.63) is 17.0 Å². The summed E-state index contributed by atoms with van der Waals surface area (Å²) in [6.07, 6.45) is 4.10. The summed E-state index contributed by atoms with van der Waals surface area (Å²) in [6.45, 7) is 7.12. The van der Waals surface area contributed by atoms with Crippen molar-refractivity contribution in [3.8, 4) is 0 Å². The summed E-state index contributed by atoms with van der Waals surface area (Å²) in [6, 6.07) is 0.120. The molecular formula is C15H26N4O. The first-order valence-electron chi connectivity index (χ1n) is 7.52. The molecule has 1 saturated heterocycles. The Morgan fingerprint density at radius 2 is 2.25 bits per heavy atom. The molecule has 2 unspecified atom stereocenters. The first-order valence-corrected chi connectivity index (χ1v) is 7.52. The first kappa shape index (κ1) is 15.0. The average molecular weight is 278 g/mol. The molecule has 2 rings (SSSR count). The monoisotopic (exact) mass is 278 g/mol. The highest BCUT2D eigenvalue weighted by Gasteiger charge is 2.22. The van der Waals surface area contributed by atoms with Gasteiger partial charge in [0.05, 0.1) is 11.7 Å². The molecule has 1 aliphatic rings. The Bertz CT molecular complexity index is 474. The number of carbonyl (C=O) groups is 1. The number of rotatable bonds is 4. The third-order valence-corrected chi connectivity index (χ3v) is 4.18.